The second kappa shape index (κ2) is 8.07. The lowest BCUT2D eigenvalue weighted by atomic mass is 9.94. The van der Waals surface area contributed by atoms with Crippen LogP contribution in [0.4, 0.5) is 0 Å². The van der Waals surface area contributed by atoms with E-state index in [4.69, 9.17) is 4.52 Å². The van der Waals surface area contributed by atoms with Crippen LogP contribution in [0.2, 0.25) is 0 Å². The average molecular weight is 386 g/mol. The van der Waals surface area contributed by atoms with E-state index in [0.717, 1.165) is 18.7 Å². The van der Waals surface area contributed by atoms with Crippen molar-refractivity contribution in [3.63, 3.8) is 0 Å². The van der Waals surface area contributed by atoms with Crippen LogP contribution >= 0.6 is 11.8 Å². The van der Waals surface area contributed by atoms with Crippen LogP contribution in [0.3, 0.4) is 0 Å². The van der Waals surface area contributed by atoms with E-state index in [0.29, 0.717) is 23.6 Å². The normalized spacial score (nSPS) is 19.9. The summed E-state index contributed by atoms with van der Waals surface area (Å²) >= 11 is 2.03. The molecule has 0 radical (unpaired) electrons. The van der Waals surface area contributed by atoms with Crippen molar-refractivity contribution in [1.29, 1.82) is 0 Å². The van der Waals surface area contributed by atoms with Gasteiger partial charge in [-0.25, -0.2) is 0 Å². The van der Waals surface area contributed by atoms with Crippen LogP contribution < -0.4 is 5.32 Å². The highest BCUT2D eigenvalue weighted by atomic mass is 32.2. The maximum absolute atomic E-state index is 13.1. The number of carbonyl (C=O) groups is 1. The van der Waals surface area contributed by atoms with E-state index in [1.165, 1.54) is 37.2 Å². The number of aromatic nitrogens is 1. The Balaban J connectivity index is 1.52. The Labute approximate surface area is 164 Å². The summed E-state index contributed by atoms with van der Waals surface area (Å²) in [6, 6.07) is 9.72. The molecular formula is C21H27N3O2S. The topological polar surface area (TPSA) is 58.4 Å². The van der Waals surface area contributed by atoms with Crippen molar-refractivity contribution in [2.75, 3.05) is 31.1 Å². The lowest BCUT2D eigenvalue weighted by Crippen LogP contribution is -2.56. The van der Waals surface area contributed by atoms with Crippen molar-refractivity contribution in [3.05, 3.63) is 41.6 Å². The predicted octanol–water partition coefficient (Wildman–Crippen LogP) is 3.74. The summed E-state index contributed by atoms with van der Waals surface area (Å²) in [5, 5.41) is 7.28. The molecule has 27 heavy (non-hydrogen) atoms. The van der Waals surface area contributed by atoms with Gasteiger partial charge in [0.2, 0.25) is 0 Å². The zero-order valence-corrected chi connectivity index (χ0v) is 16.7. The maximum Gasteiger partial charge on any atom is 0.257 e. The van der Waals surface area contributed by atoms with Gasteiger partial charge in [-0.1, -0.05) is 48.3 Å². The molecule has 0 spiro atoms. The standard InChI is InChI=1S/C21H27N3O2S/c1-16-18(19(26-23-16)17-7-3-2-4-8-17)20(25)22-15-21(9-5-6-10-21)24-11-13-27-14-12-24/h2-4,7-8H,5-6,9-15H2,1H3,(H,22,25). The Hall–Kier alpha value is -1.79. The van der Waals surface area contributed by atoms with Crippen molar-refractivity contribution in [1.82, 2.24) is 15.4 Å². The molecule has 1 aliphatic heterocycles. The monoisotopic (exact) mass is 385 g/mol. The third kappa shape index (κ3) is 3.78. The van der Waals surface area contributed by atoms with Gasteiger partial charge in [0.15, 0.2) is 5.76 Å². The highest BCUT2D eigenvalue weighted by molar-refractivity contribution is 7.99. The minimum atomic E-state index is -0.0785. The molecule has 0 unspecified atom stereocenters. The number of rotatable bonds is 5. The number of amides is 1. The van der Waals surface area contributed by atoms with Crippen LogP contribution in [0.1, 0.15) is 41.7 Å². The van der Waals surface area contributed by atoms with E-state index in [-0.39, 0.29) is 11.4 Å². The van der Waals surface area contributed by atoms with Crippen LogP contribution in [-0.4, -0.2) is 52.6 Å². The number of hydrogen-bond donors (Lipinski definition) is 1. The molecule has 1 saturated heterocycles. The Morgan fingerprint density at radius 3 is 2.63 bits per heavy atom. The zero-order valence-electron chi connectivity index (χ0n) is 15.9. The molecule has 6 heteroatoms. The van der Waals surface area contributed by atoms with E-state index < -0.39 is 0 Å². The number of nitrogens with zero attached hydrogens (tertiary/aromatic N) is 2. The van der Waals surface area contributed by atoms with Gasteiger partial charge in [0.05, 0.1) is 5.69 Å². The fraction of sp³-hybridized carbons (Fsp3) is 0.524. The van der Waals surface area contributed by atoms with Gasteiger partial charge in [-0.15, -0.1) is 0 Å². The molecule has 1 N–H and O–H groups in total. The molecule has 4 rings (SSSR count). The molecule has 1 amide bonds. The summed E-state index contributed by atoms with van der Waals surface area (Å²) in [7, 11) is 0. The van der Waals surface area contributed by atoms with E-state index in [9.17, 15) is 4.79 Å². The van der Waals surface area contributed by atoms with Gasteiger partial charge in [0.1, 0.15) is 5.56 Å². The highest BCUT2D eigenvalue weighted by Crippen LogP contribution is 2.36. The molecule has 0 atom stereocenters. The Morgan fingerprint density at radius 2 is 1.93 bits per heavy atom. The molecule has 2 aromatic rings. The number of carbonyl (C=O) groups excluding carboxylic acids is 1. The summed E-state index contributed by atoms with van der Waals surface area (Å²) in [6.07, 6.45) is 4.85. The molecule has 144 valence electrons. The first-order valence-corrected chi connectivity index (χ1v) is 11.0. The molecule has 1 aromatic heterocycles. The number of thioether (sulfide) groups is 1. The third-order valence-corrected chi connectivity index (χ3v) is 6.86. The third-order valence-electron chi connectivity index (χ3n) is 5.92. The quantitative estimate of drug-likeness (QED) is 0.850. The SMILES string of the molecule is Cc1noc(-c2ccccc2)c1C(=O)NCC1(N2CCSCC2)CCCC1. The molecule has 2 aliphatic rings. The highest BCUT2D eigenvalue weighted by Gasteiger charge is 2.40. The average Bonchev–Trinajstić information content (AvgIpc) is 3.35. The van der Waals surface area contributed by atoms with Crippen molar-refractivity contribution in [2.45, 2.75) is 38.1 Å². The molecule has 0 bridgehead atoms. The Morgan fingerprint density at radius 1 is 1.22 bits per heavy atom. The number of hydrogen-bond acceptors (Lipinski definition) is 5. The zero-order chi connectivity index (χ0) is 18.7. The summed E-state index contributed by atoms with van der Waals surface area (Å²) < 4.78 is 5.49. The Kier molecular flexibility index (Phi) is 5.55. The largest absolute Gasteiger partial charge is 0.355 e. The van der Waals surface area contributed by atoms with Gasteiger partial charge >= 0.3 is 0 Å². The van der Waals surface area contributed by atoms with Crippen molar-refractivity contribution in [3.8, 4) is 11.3 Å². The summed E-state index contributed by atoms with van der Waals surface area (Å²) in [6.45, 7) is 4.79. The minimum absolute atomic E-state index is 0.0785. The van der Waals surface area contributed by atoms with Gasteiger partial charge in [0, 0.05) is 42.2 Å². The van der Waals surface area contributed by atoms with Crippen LogP contribution in [0.25, 0.3) is 11.3 Å². The van der Waals surface area contributed by atoms with E-state index >= 15 is 0 Å². The molecule has 2 fully saturated rings. The molecule has 5 nitrogen and oxygen atoms in total. The fourth-order valence-electron chi connectivity index (χ4n) is 4.43. The number of aryl methyl sites for hydroxylation is 1. The maximum atomic E-state index is 13.1. The van der Waals surface area contributed by atoms with Crippen LogP contribution in [0.15, 0.2) is 34.9 Å². The number of nitrogens with one attached hydrogen (secondary N) is 1. The molecule has 1 aliphatic carbocycles. The number of benzene rings is 1. The van der Waals surface area contributed by atoms with Gasteiger partial charge in [-0.3, -0.25) is 9.69 Å². The van der Waals surface area contributed by atoms with Gasteiger partial charge in [0.25, 0.3) is 5.91 Å². The fourth-order valence-corrected chi connectivity index (χ4v) is 5.34. The lowest BCUT2D eigenvalue weighted by Gasteiger charge is -2.43. The molecule has 2 heterocycles. The summed E-state index contributed by atoms with van der Waals surface area (Å²) in [5.41, 5.74) is 2.20. The van der Waals surface area contributed by atoms with Gasteiger partial charge in [-0.05, 0) is 19.8 Å². The molecule has 1 aromatic carbocycles. The van der Waals surface area contributed by atoms with E-state index in [2.05, 4.69) is 15.4 Å². The van der Waals surface area contributed by atoms with Crippen LogP contribution in [-0.2, 0) is 0 Å². The smallest absolute Gasteiger partial charge is 0.257 e. The van der Waals surface area contributed by atoms with Crippen LogP contribution in [0.5, 0.6) is 0 Å². The molecule has 1 saturated carbocycles. The second-order valence-corrected chi connectivity index (χ2v) is 8.78. The second-order valence-electron chi connectivity index (χ2n) is 7.55. The predicted molar refractivity (Wildman–Crippen MR) is 109 cm³/mol. The van der Waals surface area contributed by atoms with E-state index in [1.54, 1.807) is 0 Å². The van der Waals surface area contributed by atoms with Gasteiger partial charge in [-0.2, -0.15) is 11.8 Å². The first-order valence-electron chi connectivity index (χ1n) is 9.82. The minimum Gasteiger partial charge on any atom is -0.355 e. The van der Waals surface area contributed by atoms with Crippen molar-refractivity contribution >= 4 is 17.7 Å². The first-order chi connectivity index (χ1) is 13.2. The van der Waals surface area contributed by atoms with Gasteiger partial charge < -0.3 is 9.84 Å². The van der Waals surface area contributed by atoms with Crippen molar-refractivity contribution in [2.24, 2.45) is 0 Å². The molecular weight excluding hydrogens is 358 g/mol. The summed E-state index contributed by atoms with van der Waals surface area (Å²) in [4.78, 5) is 15.7. The van der Waals surface area contributed by atoms with Crippen molar-refractivity contribution < 1.29 is 9.32 Å². The summed E-state index contributed by atoms with van der Waals surface area (Å²) in [5.74, 6) is 2.86. The lowest BCUT2D eigenvalue weighted by molar-refractivity contribution is 0.0817. The van der Waals surface area contributed by atoms with Crippen LogP contribution in [0, 0.1) is 6.92 Å². The van der Waals surface area contributed by atoms with E-state index in [1.807, 2.05) is 49.0 Å². The first kappa shape index (κ1) is 18.6. The Bertz CT molecular complexity index is 778.